The fraction of sp³-hybridized carbons (Fsp3) is 1.00. The molecular weight excluding hydrogens is 216 g/mol. The molecule has 16 heavy (non-hydrogen) atoms. The van der Waals surface area contributed by atoms with E-state index in [1.165, 1.54) is 6.92 Å². The van der Waals surface area contributed by atoms with E-state index in [0.717, 1.165) is 0 Å². The molecule has 6 heteroatoms. The highest BCUT2D eigenvalue weighted by Gasteiger charge is 2.56. The number of aliphatic hydroxyl groups excluding tert-OH is 3. The summed E-state index contributed by atoms with van der Waals surface area (Å²) in [6, 6.07) is 0. The first-order valence-electron chi connectivity index (χ1n) is 5.37. The van der Waals surface area contributed by atoms with E-state index in [1.54, 1.807) is 13.8 Å². The number of rotatable bonds is 2. The summed E-state index contributed by atoms with van der Waals surface area (Å²) in [6.07, 6.45) is -5.33. The van der Waals surface area contributed by atoms with E-state index in [2.05, 4.69) is 0 Å². The summed E-state index contributed by atoms with van der Waals surface area (Å²) >= 11 is 0. The molecule has 2 aliphatic heterocycles. The maximum absolute atomic E-state index is 9.91. The summed E-state index contributed by atoms with van der Waals surface area (Å²) in [5.41, 5.74) is 0. The van der Waals surface area contributed by atoms with Gasteiger partial charge in [0, 0.05) is 0 Å². The number of ether oxygens (including phenoxy) is 3. The van der Waals surface area contributed by atoms with Crippen molar-refractivity contribution in [3.63, 3.8) is 0 Å². The van der Waals surface area contributed by atoms with Gasteiger partial charge in [0.1, 0.15) is 24.4 Å². The zero-order valence-electron chi connectivity index (χ0n) is 9.53. The molecule has 2 fully saturated rings. The first kappa shape index (κ1) is 12.2. The average molecular weight is 234 g/mol. The average Bonchev–Trinajstić information content (AvgIpc) is 2.60. The van der Waals surface area contributed by atoms with Crippen molar-refractivity contribution in [2.24, 2.45) is 0 Å². The van der Waals surface area contributed by atoms with Crippen molar-refractivity contribution in [3.05, 3.63) is 0 Å². The maximum Gasteiger partial charge on any atom is 0.190 e. The van der Waals surface area contributed by atoms with Gasteiger partial charge in [-0.1, -0.05) is 0 Å². The molecule has 0 bridgehead atoms. The predicted molar refractivity (Wildman–Crippen MR) is 52.4 cm³/mol. The Balaban J connectivity index is 2.05. The lowest BCUT2D eigenvalue weighted by atomic mass is 10.0. The maximum atomic E-state index is 9.91. The van der Waals surface area contributed by atoms with Gasteiger partial charge in [-0.05, 0) is 20.8 Å². The van der Waals surface area contributed by atoms with Crippen molar-refractivity contribution in [3.8, 4) is 0 Å². The second kappa shape index (κ2) is 3.90. The standard InChI is InChI=1S/C10H18O6/c1-4(11)5(12)7-6(13)8-9(14-7)16-10(2,3)15-8/h4-9,11-13H,1-3H3/t4-,5+,6-,7+,8+,9+/m0/s1. The SMILES string of the molecule is C[C@H](O)[C@@H](O)[C@H]1O[C@@H]2OC(C)(C)O[C@@H]2[C@H]1O. The van der Waals surface area contributed by atoms with E-state index < -0.39 is 42.6 Å². The summed E-state index contributed by atoms with van der Waals surface area (Å²) in [4.78, 5) is 0. The van der Waals surface area contributed by atoms with Gasteiger partial charge in [-0.25, -0.2) is 0 Å². The molecular formula is C10H18O6. The molecule has 2 aliphatic rings. The van der Waals surface area contributed by atoms with E-state index in [-0.39, 0.29) is 0 Å². The summed E-state index contributed by atoms with van der Waals surface area (Å²) in [5.74, 6) is -0.795. The molecule has 0 amide bonds. The third-order valence-corrected chi connectivity index (χ3v) is 2.88. The van der Waals surface area contributed by atoms with Gasteiger partial charge in [-0.2, -0.15) is 0 Å². The molecule has 0 aromatic rings. The van der Waals surface area contributed by atoms with Crippen LogP contribution >= 0.6 is 0 Å². The molecule has 0 unspecified atom stereocenters. The smallest absolute Gasteiger partial charge is 0.190 e. The van der Waals surface area contributed by atoms with E-state index in [0.29, 0.717) is 0 Å². The topological polar surface area (TPSA) is 88.4 Å². The Bertz CT molecular complexity index is 266. The van der Waals surface area contributed by atoms with Crippen LogP contribution in [-0.2, 0) is 14.2 Å². The van der Waals surface area contributed by atoms with Crippen LogP contribution in [0.2, 0.25) is 0 Å². The zero-order chi connectivity index (χ0) is 12.1. The minimum atomic E-state index is -1.16. The van der Waals surface area contributed by atoms with Crippen molar-refractivity contribution in [1.82, 2.24) is 0 Å². The molecule has 6 atom stereocenters. The predicted octanol–water partition coefficient (Wildman–Crippen LogP) is -1.03. The van der Waals surface area contributed by atoms with Gasteiger partial charge in [0.25, 0.3) is 0 Å². The first-order valence-corrected chi connectivity index (χ1v) is 5.37. The fourth-order valence-electron chi connectivity index (χ4n) is 2.07. The fourth-order valence-corrected chi connectivity index (χ4v) is 2.07. The third-order valence-electron chi connectivity index (χ3n) is 2.88. The van der Waals surface area contributed by atoms with Crippen molar-refractivity contribution in [2.75, 3.05) is 0 Å². The largest absolute Gasteiger partial charge is 0.391 e. The molecule has 0 aromatic carbocycles. The van der Waals surface area contributed by atoms with E-state index in [9.17, 15) is 15.3 Å². The molecule has 0 aliphatic carbocycles. The Kier molecular flexibility index (Phi) is 2.98. The highest BCUT2D eigenvalue weighted by Crippen LogP contribution is 2.38. The van der Waals surface area contributed by atoms with Crippen molar-refractivity contribution in [2.45, 2.75) is 63.4 Å². The van der Waals surface area contributed by atoms with Crippen LogP contribution in [0.5, 0.6) is 0 Å². The lowest BCUT2D eigenvalue weighted by Crippen LogP contribution is -2.45. The van der Waals surface area contributed by atoms with Crippen LogP contribution in [0.15, 0.2) is 0 Å². The Morgan fingerprint density at radius 2 is 1.81 bits per heavy atom. The van der Waals surface area contributed by atoms with Crippen molar-refractivity contribution >= 4 is 0 Å². The number of hydrogen-bond acceptors (Lipinski definition) is 6. The Morgan fingerprint density at radius 3 is 2.31 bits per heavy atom. The number of hydrogen-bond donors (Lipinski definition) is 3. The molecule has 3 N–H and O–H groups in total. The van der Waals surface area contributed by atoms with Crippen molar-refractivity contribution in [1.29, 1.82) is 0 Å². The minimum Gasteiger partial charge on any atom is -0.391 e. The summed E-state index contributed by atoms with van der Waals surface area (Å²) in [5, 5.41) is 28.8. The highest BCUT2D eigenvalue weighted by atomic mass is 16.8. The normalized spacial score (nSPS) is 45.4. The monoisotopic (exact) mass is 234 g/mol. The molecule has 94 valence electrons. The molecule has 0 aromatic heterocycles. The van der Waals surface area contributed by atoms with Gasteiger partial charge in [-0.3, -0.25) is 0 Å². The summed E-state index contributed by atoms with van der Waals surface area (Å²) in [7, 11) is 0. The number of fused-ring (bicyclic) bond motifs is 1. The first-order chi connectivity index (χ1) is 7.32. The van der Waals surface area contributed by atoms with Crippen LogP contribution < -0.4 is 0 Å². The van der Waals surface area contributed by atoms with Gasteiger partial charge in [0.2, 0.25) is 0 Å². The molecule has 0 spiro atoms. The lowest BCUT2D eigenvalue weighted by Gasteiger charge is -2.26. The highest BCUT2D eigenvalue weighted by molar-refractivity contribution is 4.96. The molecule has 2 rings (SSSR count). The minimum absolute atomic E-state index is 0.617. The van der Waals surface area contributed by atoms with Gasteiger partial charge in [0.05, 0.1) is 6.10 Å². The van der Waals surface area contributed by atoms with Gasteiger partial charge < -0.3 is 29.5 Å². The summed E-state index contributed by atoms with van der Waals surface area (Å²) < 4.78 is 16.2. The van der Waals surface area contributed by atoms with Crippen molar-refractivity contribution < 1.29 is 29.5 Å². The van der Waals surface area contributed by atoms with Gasteiger partial charge >= 0.3 is 0 Å². The zero-order valence-corrected chi connectivity index (χ0v) is 9.53. The molecule has 0 saturated carbocycles. The van der Waals surface area contributed by atoms with Gasteiger partial charge in [-0.15, -0.1) is 0 Å². The second-order valence-electron chi connectivity index (χ2n) is 4.79. The van der Waals surface area contributed by atoms with E-state index in [4.69, 9.17) is 14.2 Å². The molecule has 6 nitrogen and oxygen atoms in total. The van der Waals surface area contributed by atoms with Crippen LogP contribution in [0.25, 0.3) is 0 Å². The second-order valence-corrected chi connectivity index (χ2v) is 4.79. The van der Waals surface area contributed by atoms with E-state index in [1.807, 2.05) is 0 Å². The van der Waals surface area contributed by atoms with Crippen LogP contribution in [0.3, 0.4) is 0 Å². The molecule has 2 heterocycles. The Hall–Kier alpha value is -0.240. The van der Waals surface area contributed by atoms with Crippen LogP contribution in [-0.4, -0.2) is 57.9 Å². The quantitative estimate of drug-likeness (QED) is 0.566. The van der Waals surface area contributed by atoms with Crippen LogP contribution in [0.1, 0.15) is 20.8 Å². The lowest BCUT2D eigenvalue weighted by molar-refractivity contribution is -0.230. The summed E-state index contributed by atoms with van der Waals surface area (Å²) in [6.45, 7) is 4.88. The van der Waals surface area contributed by atoms with Gasteiger partial charge in [0.15, 0.2) is 12.1 Å². The van der Waals surface area contributed by atoms with Crippen LogP contribution in [0.4, 0.5) is 0 Å². The Morgan fingerprint density at radius 1 is 1.19 bits per heavy atom. The molecule has 2 saturated heterocycles. The third kappa shape index (κ3) is 1.97. The van der Waals surface area contributed by atoms with E-state index >= 15 is 0 Å². The Labute approximate surface area is 93.7 Å². The number of aliphatic hydroxyl groups is 3. The van der Waals surface area contributed by atoms with Crippen LogP contribution in [0, 0.1) is 0 Å². The molecule has 0 radical (unpaired) electrons.